The van der Waals surface area contributed by atoms with Crippen LogP contribution in [0.4, 0.5) is 21.9 Å². The molecule has 2 aromatic heterocycles. The highest BCUT2D eigenvalue weighted by molar-refractivity contribution is 6.19. The van der Waals surface area contributed by atoms with Crippen LogP contribution in [0.25, 0.3) is 32.8 Å². The number of halogens is 1. The Kier molecular flexibility index (Phi) is 7.28. The molecule has 3 amide bonds. The van der Waals surface area contributed by atoms with E-state index >= 15 is 0 Å². The van der Waals surface area contributed by atoms with Gasteiger partial charge in [0.1, 0.15) is 22.6 Å². The Morgan fingerprint density at radius 1 is 1.02 bits per heavy atom. The van der Waals surface area contributed by atoms with Gasteiger partial charge in [-0.2, -0.15) is 0 Å². The van der Waals surface area contributed by atoms with Gasteiger partial charge >= 0.3 is 12.0 Å². The minimum Gasteiger partial charge on any atom is -0.507 e. The van der Waals surface area contributed by atoms with E-state index in [0.717, 1.165) is 16.3 Å². The molecule has 6 aromatic rings. The molecule has 0 fully saturated rings. The Morgan fingerprint density at radius 3 is 2.53 bits per heavy atom. The number of nitrogens with zero attached hydrogens (tertiary/aromatic N) is 2. The summed E-state index contributed by atoms with van der Waals surface area (Å²) in [6.07, 6.45) is -0.573. The van der Waals surface area contributed by atoms with Crippen LogP contribution in [-0.4, -0.2) is 51.0 Å². The Labute approximate surface area is 273 Å². The average molecular weight is 652 g/mol. The number of hydrogen-bond donors (Lipinski definition) is 4. The summed E-state index contributed by atoms with van der Waals surface area (Å²) < 4.78 is 11.2. The third-order valence-electron chi connectivity index (χ3n) is 7.92. The van der Waals surface area contributed by atoms with Crippen molar-refractivity contribution in [3.8, 4) is 5.75 Å². The van der Waals surface area contributed by atoms with Crippen molar-refractivity contribution in [2.45, 2.75) is 32.3 Å². The first-order chi connectivity index (χ1) is 22.5. The number of carbonyl (C=O) groups excluding carboxylic acids is 3. The number of aromatic amines is 1. The van der Waals surface area contributed by atoms with E-state index in [0.29, 0.717) is 57.2 Å². The molecule has 4 aromatic carbocycles. The molecule has 0 radical (unpaired) electrons. The lowest BCUT2D eigenvalue weighted by Gasteiger charge is -2.19. The molecule has 4 N–H and O–H groups in total. The SMILES string of the molecule is CC(C)(C)OC(=O)Nc1ccc2[nH]c(C(=O)Nc3ccc4nc(C(=O)N5C[C@@H](CCl)c6c5cc(O)c5ccccc65)oc4c3)cc2c1. The molecular formula is C35H30ClN5O6. The Balaban J connectivity index is 1.10. The van der Waals surface area contributed by atoms with Gasteiger partial charge in [0.15, 0.2) is 5.58 Å². The maximum atomic E-state index is 13.7. The first-order valence-corrected chi connectivity index (χ1v) is 15.5. The van der Waals surface area contributed by atoms with E-state index in [1.165, 1.54) is 4.90 Å². The number of aromatic hydroxyl groups is 1. The number of phenols is 1. The van der Waals surface area contributed by atoms with Crippen LogP contribution in [0.2, 0.25) is 0 Å². The summed E-state index contributed by atoms with van der Waals surface area (Å²) in [5, 5.41) is 18.5. The van der Waals surface area contributed by atoms with E-state index in [9.17, 15) is 19.5 Å². The molecule has 3 heterocycles. The Hall–Kier alpha value is -5.55. The molecule has 1 atom stereocenters. The number of carbonyl (C=O) groups is 3. The van der Waals surface area contributed by atoms with E-state index in [1.54, 1.807) is 69.3 Å². The molecular weight excluding hydrogens is 622 g/mol. The third-order valence-corrected chi connectivity index (χ3v) is 8.29. The zero-order valence-corrected chi connectivity index (χ0v) is 26.4. The van der Waals surface area contributed by atoms with Crippen molar-refractivity contribution in [2.75, 3.05) is 28.0 Å². The fourth-order valence-corrected chi connectivity index (χ4v) is 6.16. The fraction of sp³-hybridized carbons (Fsp3) is 0.200. The number of hydrogen-bond acceptors (Lipinski definition) is 7. The first-order valence-electron chi connectivity index (χ1n) is 14.9. The molecule has 0 unspecified atom stereocenters. The van der Waals surface area contributed by atoms with E-state index in [2.05, 4.69) is 20.6 Å². The molecule has 11 nitrogen and oxygen atoms in total. The molecule has 238 valence electrons. The second kappa shape index (κ2) is 11.4. The van der Waals surface area contributed by atoms with E-state index in [4.69, 9.17) is 20.8 Å². The number of alkyl halides is 1. The minimum atomic E-state index is -0.631. The van der Waals surface area contributed by atoms with Crippen LogP contribution in [0, 0.1) is 0 Å². The van der Waals surface area contributed by atoms with E-state index in [-0.39, 0.29) is 17.6 Å². The Bertz CT molecular complexity index is 2230. The number of oxazole rings is 1. The smallest absolute Gasteiger partial charge is 0.412 e. The number of phenolic OH excluding ortho intramolecular Hbond substituents is 1. The van der Waals surface area contributed by atoms with Crippen LogP contribution in [0.1, 0.15) is 53.4 Å². The maximum Gasteiger partial charge on any atom is 0.412 e. The lowest BCUT2D eigenvalue weighted by atomic mass is 9.95. The molecule has 1 aliphatic rings. The van der Waals surface area contributed by atoms with Gasteiger partial charge in [-0.3, -0.25) is 14.9 Å². The summed E-state index contributed by atoms with van der Waals surface area (Å²) >= 11 is 6.33. The number of aromatic nitrogens is 2. The van der Waals surface area contributed by atoms with Crippen molar-refractivity contribution < 1.29 is 28.6 Å². The number of anilines is 3. The summed E-state index contributed by atoms with van der Waals surface area (Å²) in [5.41, 5.74) is 3.57. The normalized spacial score (nSPS) is 14.5. The molecule has 0 spiro atoms. The van der Waals surface area contributed by atoms with Gasteiger partial charge in [-0.15, -0.1) is 11.6 Å². The third kappa shape index (κ3) is 5.70. The summed E-state index contributed by atoms with van der Waals surface area (Å²) in [7, 11) is 0. The first kappa shape index (κ1) is 30.1. The number of amides is 3. The van der Waals surface area contributed by atoms with Crippen LogP contribution in [0.5, 0.6) is 5.75 Å². The summed E-state index contributed by atoms with van der Waals surface area (Å²) in [6, 6.07) is 20.9. The van der Waals surface area contributed by atoms with Crippen molar-refractivity contribution in [1.29, 1.82) is 0 Å². The second-order valence-corrected chi connectivity index (χ2v) is 12.7. The number of ether oxygens (including phenoxy) is 1. The molecule has 0 aliphatic carbocycles. The van der Waals surface area contributed by atoms with Crippen LogP contribution in [-0.2, 0) is 4.74 Å². The summed E-state index contributed by atoms with van der Waals surface area (Å²) in [6.45, 7) is 5.66. The highest BCUT2D eigenvalue weighted by Crippen LogP contribution is 2.45. The van der Waals surface area contributed by atoms with Gasteiger partial charge in [0.2, 0.25) is 0 Å². The molecule has 7 rings (SSSR count). The topological polar surface area (TPSA) is 150 Å². The molecule has 0 saturated heterocycles. The van der Waals surface area contributed by atoms with Crippen molar-refractivity contribution in [2.24, 2.45) is 0 Å². The van der Waals surface area contributed by atoms with Gasteiger partial charge in [0, 0.05) is 58.1 Å². The zero-order chi connectivity index (χ0) is 33.0. The standard InChI is InChI=1S/C35H30ClN5O6/c1-35(2,3)47-34(45)38-20-8-10-24-18(12-20)13-26(39-24)31(43)37-21-9-11-25-29(14-21)46-32(40-25)33(44)41-17-19(16-36)30-23-7-5-4-6-22(23)28(42)15-27(30)41/h4-15,19,39,42H,16-17H2,1-3H3,(H,37,43)(H,38,45)/t19-/m1/s1. The second-order valence-electron chi connectivity index (χ2n) is 12.4. The van der Waals surface area contributed by atoms with Gasteiger partial charge in [0.05, 0.1) is 5.69 Å². The quantitative estimate of drug-likeness (QED) is 0.139. The minimum absolute atomic E-state index is 0.0678. The van der Waals surface area contributed by atoms with Crippen molar-refractivity contribution >= 4 is 79.3 Å². The van der Waals surface area contributed by atoms with E-state index in [1.807, 2.05) is 24.3 Å². The number of nitrogens with one attached hydrogen (secondary N) is 3. The summed E-state index contributed by atoms with van der Waals surface area (Å²) in [4.78, 5) is 48.0. The highest BCUT2D eigenvalue weighted by atomic mass is 35.5. The molecule has 0 saturated carbocycles. The van der Waals surface area contributed by atoms with Crippen LogP contribution in [0.3, 0.4) is 0 Å². The number of benzene rings is 4. The number of fused-ring (bicyclic) bond motifs is 5. The van der Waals surface area contributed by atoms with Gasteiger partial charge in [0.25, 0.3) is 11.8 Å². The molecule has 12 heteroatoms. The van der Waals surface area contributed by atoms with E-state index < -0.39 is 23.5 Å². The van der Waals surface area contributed by atoms with Gasteiger partial charge in [-0.25, -0.2) is 9.78 Å². The summed E-state index contributed by atoms with van der Waals surface area (Å²) in [5.74, 6) is -0.755. The van der Waals surface area contributed by atoms with Crippen LogP contribution in [0.15, 0.2) is 77.2 Å². The van der Waals surface area contributed by atoms with Gasteiger partial charge < -0.3 is 29.5 Å². The number of H-pyrrole nitrogens is 1. The van der Waals surface area contributed by atoms with Crippen molar-refractivity contribution in [1.82, 2.24) is 9.97 Å². The lowest BCUT2D eigenvalue weighted by Crippen LogP contribution is -2.30. The van der Waals surface area contributed by atoms with Gasteiger partial charge in [-0.05, 0) is 68.1 Å². The predicted molar refractivity (Wildman–Crippen MR) is 181 cm³/mol. The largest absolute Gasteiger partial charge is 0.507 e. The lowest BCUT2D eigenvalue weighted by molar-refractivity contribution is 0.0635. The van der Waals surface area contributed by atoms with Gasteiger partial charge in [-0.1, -0.05) is 24.3 Å². The molecule has 1 aliphatic heterocycles. The predicted octanol–water partition coefficient (Wildman–Crippen LogP) is 7.75. The maximum absolute atomic E-state index is 13.7. The fourth-order valence-electron chi connectivity index (χ4n) is 5.91. The monoisotopic (exact) mass is 651 g/mol. The number of rotatable bonds is 5. The highest BCUT2D eigenvalue weighted by Gasteiger charge is 2.36. The molecule has 0 bridgehead atoms. The van der Waals surface area contributed by atoms with Crippen LogP contribution < -0.4 is 15.5 Å². The average Bonchev–Trinajstić information content (AvgIpc) is 3.74. The zero-order valence-electron chi connectivity index (χ0n) is 25.7. The molecule has 47 heavy (non-hydrogen) atoms. The van der Waals surface area contributed by atoms with Crippen LogP contribution >= 0.6 is 11.6 Å². The van der Waals surface area contributed by atoms with Crippen molar-refractivity contribution in [3.05, 3.63) is 89.9 Å². The van der Waals surface area contributed by atoms with Crippen molar-refractivity contribution in [3.63, 3.8) is 0 Å². The Morgan fingerprint density at radius 2 is 1.77 bits per heavy atom.